The average Bonchev–Trinajstić information content (AvgIpc) is 2.72. The van der Waals surface area contributed by atoms with E-state index in [9.17, 15) is 4.79 Å². The van der Waals surface area contributed by atoms with Crippen LogP contribution in [-0.2, 0) is 5.41 Å². The van der Waals surface area contributed by atoms with Gasteiger partial charge in [0, 0.05) is 70.1 Å². The van der Waals surface area contributed by atoms with Gasteiger partial charge in [0.15, 0.2) is 0 Å². The number of hydrogen-bond acceptors (Lipinski definition) is 3. The molecule has 4 nitrogen and oxygen atoms in total. The Kier molecular flexibility index (Phi) is 5.85. The van der Waals surface area contributed by atoms with Crippen molar-refractivity contribution in [3.63, 3.8) is 0 Å². The minimum absolute atomic E-state index is 0.0274. The van der Waals surface area contributed by atoms with Crippen LogP contribution in [0.15, 0.2) is 55.0 Å². The van der Waals surface area contributed by atoms with Crippen molar-refractivity contribution in [3.05, 3.63) is 71.3 Å². The number of amides is 1. The number of hydrogen-bond donors (Lipinski definition) is 0. The van der Waals surface area contributed by atoms with Crippen molar-refractivity contribution < 1.29 is 4.79 Å². The Hall–Kier alpha value is -2.72. The summed E-state index contributed by atoms with van der Waals surface area (Å²) in [4.78, 5) is 23.5. The summed E-state index contributed by atoms with van der Waals surface area (Å²) in [6.07, 6.45) is 6.61. The Bertz CT molecular complexity index is 1110. The maximum absolute atomic E-state index is 12.7. The molecule has 4 rings (SSSR count). The van der Waals surface area contributed by atoms with E-state index in [-0.39, 0.29) is 11.3 Å². The molecule has 1 saturated heterocycles. The fourth-order valence-electron chi connectivity index (χ4n) is 3.82. The minimum Gasteiger partial charge on any atom is -0.338 e. The molecule has 0 saturated carbocycles. The van der Waals surface area contributed by atoms with Crippen molar-refractivity contribution in [1.82, 2.24) is 14.9 Å². The number of nitrogens with zero attached hydrogens (tertiary/aromatic N) is 3. The lowest BCUT2D eigenvalue weighted by atomic mass is 9.90. The molecular weight excluding hydrogens is 406 g/mol. The zero-order chi connectivity index (χ0) is 22.2. The van der Waals surface area contributed by atoms with Gasteiger partial charge in [-0.3, -0.25) is 14.8 Å². The van der Waals surface area contributed by atoms with Gasteiger partial charge in [-0.15, -0.1) is 0 Å². The summed E-state index contributed by atoms with van der Waals surface area (Å²) < 4.78 is 0. The number of carbonyl (C=O) groups is 1. The monoisotopic (exact) mass is 433 g/mol. The zero-order valence-electron chi connectivity index (χ0n) is 18.5. The third kappa shape index (κ3) is 4.49. The summed E-state index contributed by atoms with van der Waals surface area (Å²) in [6, 6.07) is 11.7. The van der Waals surface area contributed by atoms with Crippen LogP contribution < -0.4 is 0 Å². The van der Waals surface area contributed by atoms with Gasteiger partial charge in [0.25, 0.3) is 5.91 Å². The first-order chi connectivity index (χ1) is 14.8. The van der Waals surface area contributed by atoms with Crippen LogP contribution in [-0.4, -0.2) is 33.9 Å². The van der Waals surface area contributed by atoms with Gasteiger partial charge in [-0.2, -0.15) is 0 Å². The fourth-order valence-corrected chi connectivity index (χ4v) is 4.11. The highest BCUT2D eigenvalue weighted by Crippen LogP contribution is 2.33. The maximum atomic E-state index is 12.7. The normalized spacial score (nSPS) is 14.4. The van der Waals surface area contributed by atoms with Crippen LogP contribution in [0.4, 0.5) is 0 Å². The number of carbonyl (C=O) groups excluding carboxylic acids is 1. The predicted molar refractivity (Wildman–Crippen MR) is 126 cm³/mol. The van der Waals surface area contributed by atoms with Crippen LogP contribution in [0.1, 0.15) is 50.2 Å². The quantitative estimate of drug-likeness (QED) is 0.489. The van der Waals surface area contributed by atoms with E-state index in [4.69, 9.17) is 11.6 Å². The van der Waals surface area contributed by atoms with Crippen molar-refractivity contribution in [2.24, 2.45) is 5.92 Å². The molecule has 160 valence electrons. The summed E-state index contributed by atoms with van der Waals surface area (Å²) >= 11 is 6.60. The lowest BCUT2D eigenvalue weighted by Crippen LogP contribution is -2.49. The SMILES string of the molecule is CCC1CN(C(=O)c2ccc(-c3cncc(-c4ccnc(C(C)(C)C)c4)c3)c(Cl)c2)C1. The van der Waals surface area contributed by atoms with E-state index in [1.54, 1.807) is 12.3 Å². The summed E-state index contributed by atoms with van der Waals surface area (Å²) in [5, 5.41) is 0.558. The summed E-state index contributed by atoms with van der Waals surface area (Å²) in [5.41, 5.74) is 5.51. The van der Waals surface area contributed by atoms with Crippen molar-refractivity contribution in [2.45, 2.75) is 39.5 Å². The Labute approximate surface area is 189 Å². The van der Waals surface area contributed by atoms with Crippen molar-refractivity contribution in [2.75, 3.05) is 13.1 Å². The van der Waals surface area contributed by atoms with Crippen molar-refractivity contribution in [3.8, 4) is 22.3 Å². The first kappa shape index (κ1) is 21.5. The molecule has 1 aliphatic rings. The number of benzene rings is 1. The van der Waals surface area contributed by atoms with Crippen molar-refractivity contribution >= 4 is 17.5 Å². The number of aromatic nitrogens is 2. The molecule has 0 atom stereocenters. The van der Waals surface area contributed by atoms with Crippen molar-refractivity contribution in [1.29, 1.82) is 0 Å². The van der Waals surface area contributed by atoms with E-state index in [0.717, 1.165) is 47.5 Å². The first-order valence-electron chi connectivity index (χ1n) is 10.8. The molecule has 0 aliphatic carbocycles. The number of rotatable bonds is 4. The second kappa shape index (κ2) is 8.43. The van der Waals surface area contributed by atoms with Gasteiger partial charge in [-0.1, -0.05) is 45.4 Å². The van der Waals surface area contributed by atoms with Crippen LogP contribution in [0.5, 0.6) is 0 Å². The average molecular weight is 434 g/mol. The summed E-state index contributed by atoms with van der Waals surface area (Å²) in [5.74, 6) is 0.677. The van der Waals surface area contributed by atoms with Gasteiger partial charge in [-0.25, -0.2) is 0 Å². The Balaban J connectivity index is 1.60. The van der Waals surface area contributed by atoms with E-state index in [0.29, 0.717) is 16.5 Å². The summed E-state index contributed by atoms with van der Waals surface area (Å²) in [6.45, 7) is 10.3. The predicted octanol–water partition coefficient (Wildman–Crippen LogP) is 6.24. The van der Waals surface area contributed by atoms with Crippen LogP contribution in [0.2, 0.25) is 5.02 Å². The van der Waals surface area contributed by atoms with Crippen LogP contribution in [0, 0.1) is 5.92 Å². The molecule has 0 N–H and O–H groups in total. The standard InChI is InChI=1S/C26H28ClN3O/c1-5-17-15-30(16-17)25(31)19-6-7-22(23(27)11-19)21-10-20(13-28-14-21)18-8-9-29-24(12-18)26(2,3)4/h6-14,17H,5,15-16H2,1-4H3. The fraction of sp³-hybridized carbons (Fsp3) is 0.346. The Morgan fingerprint density at radius 2 is 1.81 bits per heavy atom. The minimum atomic E-state index is -0.0274. The topological polar surface area (TPSA) is 46.1 Å². The molecule has 0 bridgehead atoms. The molecule has 1 aromatic carbocycles. The van der Waals surface area contributed by atoms with Gasteiger partial charge in [-0.05, 0) is 48.2 Å². The molecule has 2 aromatic heterocycles. The van der Waals surface area contributed by atoms with Gasteiger partial charge in [0.2, 0.25) is 0 Å². The van der Waals surface area contributed by atoms with Crippen LogP contribution in [0.3, 0.4) is 0 Å². The van der Waals surface area contributed by atoms with Gasteiger partial charge in [0.1, 0.15) is 0 Å². The molecule has 5 heteroatoms. The molecule has 0 spiro atoms. The third-order valence-corrected chi connectivity index (χ3v) is 6.26. The van der Waals surface area contributed by atoms with E-state index >= 15 is 0 Å². The lowest BCUT2D eigenvalue weighted by molar-refractivity contribution is 0.0494. The largest absolute Gasteiger partial charge is 0.338 e. The van der Waals surface area contributed by atoms with Gasteiger partial charge >= 0.3 is 0 Å². The smallest absolute Gasteiger partial charge is 0.253 e. The molecule has 1 aliphatic heterocycles. The number of likely N-dealkylation sites (tertiary alicyclic amines) is 1. The second-order valence-corrected chi connectivity index (χ2v) is 9.73. The van der Waals surface area contributed by atoms with Crippen LogP contribution >= 0.6 is 11.6 Å². The van der Waals surface area contributed by atoms with Gasteiger partial charge in [0.05, 0.1) is 0 Å². The Morgan fingerprint density at radius 1 is 1.06 bits per heavy atom. The van der Waals surface area contributed by atoms with E-state index in [1.165, 1.54) is 0 Å². The zero-order valence-corrected chi connectivity index (χ0v) is 19.3. The second-order valence-electron chi connectivity index (χ2n) is 9.32. The molecule has 1 amide bonds. The molecule has 31 heavy (non-hydrogen) atoms. The highest BCUT2D eigenvalue weighted by molar-refractivity contribution is 6.33. The van der Waals surface area contributed by atoms with E-state index in [2.05, 4.69) is 49.8 Å². The lowest BCUT2D eigenvalue weighted by Gasteiger charge is -2.39. The molecule has 3 heterocycles. The molecule has 0 radical (unpaired) electrons. The molecule has 0 unspecified atom stereocenters. The van der Waals surface area contributed by atoms with Crippen LogP contribution in [0.25, 0.3) is 22.3 Å². The number of halogens is 1. The van der Waals surface area contributed by atoms with E-state index < -0.39 is 0 Å². The van der Waals surface area contributed by atoms with Gasteiger partial charge < -0.3 is 4.90 Å². The molecular formula is C26H28ClN3O. The molecule has 3 aromatic rings. The number of pyridine rings is 2. The Morgan fingerprint density at radius 3 is 2.48 bits per heavy atom. The maximum Gasteiger partial charge on any atom is 0.253 e. The highest BCUT2D eigenvalue weighted by Gasteiger charge is 2.30. The molecule has 1 fully saturated rings. The first-order valence-corrected chi connectivity index (χ1v) is 11.1. The third-order valence-electron chi connectivity index (χ3n) is 5.95. The summed E-state index contributed by atoms with van der Waals surface area (Å²) in [7, 11) is 0. The van der Waals surface area contributed by atoms with E-state index in [1.807, 2.05) is 35.5 Å². The highest BCUT2D eigenvalue weighted by atomic mass is 35.5.